The standard InChI is InChI=1S/C26H26N4OS/c1-26(10-11-26)29-25(31)20-6-8-21(12-20)30-15-27-14-23(30)18-4-2-17(3-5-18)19-7-9-22-24(13-19)32-16-28-22/h2-5,7,9,13-16,20-21H,6,8,10-12H2,1H3,(H,29,31)/t20-,21+/m0/s1. The summed E-state index contributed by atoms with van der Waals surface area (Å²) in [6, 6.07) is 15.4. The minimum atomic E-state index is 0.0572. The first-order valence-electron chi connectivity index (χ1n) is 11.4. The van der Waals surface area contributed by atoms with Crippen LogP contribution in [0.2, 0.25) is 0 Å². The molecule has 0 bridgehead atoms. The van der Waals surface area contributed by atoms with Crippen LogP contribution in [0.4, 0.5) is 0 Å². The van der Waals surface area contributed by atoms with E-state index in [9.17, 15) is 4.79 Å². The van der Waals surface area contributed by atoms with E-state index in [0.717, 1.165) is 48.9 Å². The van der Waals surface area contributed by atoms with Gasteiger partial charge in [-0.2, -0.15) is 0 Å². The number of nitrogens with one attached hydrogen (secondary N) is 1. The van der Waals surface area contributed by atoms with Crippen molar-refractivity contribution in [2.24, 2.45) is 5.92 Å². The molecule has 2 saturated carbocycles. The van der Waals surface area contributed by atoms with Crippen molar-refractivity contribution < 1.29 is 4.79 Å². The highest BCUT2D eigenvalue weighted by Crippen LogP contribution is 2.40. The Hall–Kier alpha value is -2.99. The van der Waals surface area contributed by atoms with E-state index in [0.29, 0.717) is 6.04 Å². The van der Waals surface area contributed by atoms with Gasteiger partial charge in [-0.25, -0.2) is 9.97 Å². The molecule has 2 aliphatic rings. The Bertz CT molecular complexity index is 1280. The second-order valence-corrected chi connectivity index (χ2v) is 10.4. The van der Waals surface area contributed by atoms with E-state index in [2.05, 4.69) is 69.2 Å². The summed E-state index contributed by atoms with van der Waals surface area (Å²) >= 11 is 1.67. The average Bonchev–Trinajstić information content (AvgIpc) is 3.28. The maximum atomic E-state index is 12.7. The predicted octanol–water partition coefficient (Wildman–Crippen LogP) is 5.84. The number of nitrogens with zero attached hydrogens (tertiary/aromatic N) is 3. The molecule has 5 nitrogen and oxygen atoms in total. The van der Waals surface area contributed by atoms with Crippen LogP contribution in [-0.4, -0.2) is 26.0 Å². The number of hydrogen-bond donors (Lipinski definition) is 1. The van der Waals surface area contributed by atoms with Crippen LogP contribution >= 0.6 is 11.3 Å². The number of rotatable bonds is 5. The highest BCUT2D eigenvalue weighted by molar-refractivity contribution is 7.16. The topological polar surface area (TPSA) is 59.8 Å². The molecule has 162 valence electrons. The lowest BCUT2D eigenvalue weighted by molar-refractivity contribution is -0.125. The van der Waals surface area contributed by atoms with Crippen LogP contribution in [0.5, 0.6) is 0 Å². The quantitative estimate of drug-likeness (QED) is 0.423. The number of carbonyl (C=O) groups excluding carboxylic acids is 1. The molecule has 2 heterocycles. The van der Waals surface area contributed by atoms with E-state index in [1.165, 1.54) is 15.8 Å². The van der Waals surface area contributed by atoms with Crippen LogP contribution in [0, 0.1) is 5.92 Å². The zero-order valence-electron chi connectivity index (χ0n) is 18.1. The normalized spacial score (nSPS) is 21.7. The maximum absolute atomic E-state index is 12.7. The number of imidazole rings is 1. The van der Waals surface area contributed by atoms with Gasteiger partial charge in [0.2, 0.25) is 5.91 Å². The van der Waals surface area contributed by atoms with Gasteiger partial charge < -0.3 is 9.88 Å². The van der Waals surface area contributed by atoms with Gasteiger partial charge in [-0.1, -0.05) is 30.3 Å². The molecule has 32 heavy (non-hydrogen) atoms. The molecule has 4 aromatic rings. The van der Waals surface area contributed by atoms with Gasteiger partial charge in [0.05, 0.1) is 33.9 Å². The van der Waals surface area contributed by atoms with E-state index in [1.54, 1.807) is 11.3 Å². The van der Waals surface area contributed by atoms with Gasteiger partial charge in [-0.3, -0.25) is 4.79 Å². The average molecular weight is 443 g/mol. The first-order valence-corrected chi connectivity index (χ1v) is 12.2. The Kier molecular flexibility index (Phi) is 4.65. The SMILES string of the molecule is CC1(NC(=O)[C@H]2CC[C@@H](n3cncc3-c3ccc(-c4ccc5ncsc5c4)cc3)C2)CC1. The Labute approximate surface area is 191 Å². The van der Waals surface area contributed by atoms with Crippen LogP contribution in [0.1, 0.15) is 45.1 Å². The van der Waals surface area contributed by atoms with Crippen molar-refractivity contribution >= 4 is 27.5 Å². The number of fused-ring (bicyclic) bond motifs is 1. The molecule has 2 fully saturated rings. The lowest BCUT2D eigenvalue weighted by atomic mass is 10.0. The van der Waals surface area contributed by atoms with Crippen LogP contribution < -0.4 is 5.32 Å². The zero-order chi connectivity index (χ0) is 21.7. The van der Waals surface area contributed by atoms with Crippen molar-refractivity contribution in [2.45, 2.75) is 50.6 Å². The minimum absolute atomic E-state index is 0.0572. The summed E-state index contributed by atoms with van der Waals surface area (Å²) < 4.78 is 3.48. The zero-order valence-corrected chi connectivity index (χ0v) is 18.9. The molecule has 2 atom stereocenters. The molecule has 0 aliphatic heterocycles. The van der Waals surface area contributed by atoms with Crippen molar-refractivity contribution in [1.29, 1.82) is 0 Å². The molecule has 0 saturated heterocycles. The maximum Gasteiger partial charge on any atom is 0.223 e. The molecule has 2 aliphatic carbocycles. The predicted molar refractivity (Wildman–Crippen MR) is 128 cm³/mol. The molecule has 1 amide bonds. The summed E-state index contributed by atoms with van der Waals surface area (Å²) in [5, 5.41) is 3.25. The van der Waals surface area contributed by atoms with Gasteiger partial charge in [-0.15, -0.1) is 11.3 Å². The van der Waals surface area contributed by atoms with Gasteiger partial charge in [0.15, 0.2) is 0 Å². The highest BCUT2D eigenvalue weighted by atomic mass is 32.1. The van der Waals surface area contributed by atoms with Crippen molar-refractivity contribution in [3.05, 3.63) is 60.5 Å². The molecule has 6 heteroatoms. The molecule has 2 aromatic heterocycles. The lowest BCUT2D eigenvalue weighted by Gasteiger charge is -2.18. The molecule has 1 N–H and O–H groups in total. The molecule has 0 unspecified atom stereocenters. The first kappa shape index (κ1) is 19.7. The summed E-state index contributed by atoms with van der Waals surface area (Å²) in [6.07, 6.45) is 8.93. The molecular formula is C26H26N4OS. The molecule has 0 spiro atoms. The van der Waals surface area contributed by atoms with Gasteiger partial charge in [0.1, 0.15) is 0 Å². The monoisotopic (exact) mass is 442 g/mol. The third kappa shape index (κ3) is 3.62. The largest absolute Gasteiger partial charge is 0.351 e. The fraction of sp³-hybridized carbons (Fsp3) is 0.346. The summed E-state index contributed by atoms with van der Waals surface area (Å²) in [7, 11) is 0. The summed E-state index contributed by atoms with van der Waals surface area (Å²) in [5.74, 6) is 0.341. The summed E-state index contributed by atoms with van der Waals surface area (Å²) in [5.41, 5.74) is 7.67. The molecule has 2 aromatic carbocycles. The minimum Gasteiger partial charge on any atom is -0.351 e. The Morgan fingerprint density at radius 1 is 1.09 bits per heavy atom. The fourth-order valence-corrected chi connectivity index (χ4v) is 5.56. The second kappa shape index (κ2) is 7.55. The van der Waals surface area contributed by atoms with E-state index in [-0.39, 0.29) is 17.4 Å². The van der Waals surface area contributed by atoms with Crippen molar-refractivity contribution in [2.75, 3.05) is 0 Å². The number of carbonyl (C=O) groups is 1. The number of amides is 1. The Morgan fingerprint density at radius 2 is 1.88 bits per heavy atom. The van der Waals surface area contributed by atoms with Crippen LogP contribution in [0.15, 0.2) is 60.5 Å². The Balaban J connectivity index is 1.20. The van der Waals surface area contributed by atoms with Crippen LogP contribution in [0.3, 0.4) is 0 Å². The van der Waals surface area contributed by atoms with Crippen LogP contribution in [-0.2, 0) is 4.79 Å². The van der Waals surface area contributed by atoms with E-state index in [4.69, 9.17) is 0 Å². The Morgan fingerprint density at radius 3 is 2.69 bits per heavy atom. The lowest BCUT2D eigenvalue weighted by Crippen LogP contribution is -2.38. The number of hydrogen-bond acceptors (Lipinski definition) is 4. The summed E-state index contributed by atoms with van der Waals surface area (Å²) in [6.45, 7) is 2.14. The fourth-order valence-electron chi connectivity index (χ4n) is 4.85. The van der Waals surface area contributed by atoms with Gasteiger partial charge >= 0.3 is 0 Å². The van der Waals surface area contributed by atoms with E-state index in [1.807, 2.05) is 18.0 Å². The number of benzene rings is 2. The molecular weight excluding hydrogens is 416 g/mol. The van der Waals surface area contributed by atoms with Crippen molar-refractivity contribution in [1.82, 2.24) is 19.9 Å². The first-order chi connectivity index (χ1) is 15.6. The number of thiazole rings is 1. The van der Waals surface area contributed by atoms with Gasteiger partial charge in [0.25, 0.3) is 0 Å². The van der Waals surface area contributed by atoms with Crippen LogP contribution in [0.25, 0.3) is 32.6 Å². The highest BCUT2D eigenvalue weighted by Gasteiger charge is 2.41. The van der Waals surface area contributed by atoms with E-state index >= 15 is 0 Å². The smallest absolute Gasteiger partial charge is 0.223 e. The molecule has 6 rings (SSSR count). The van der Waals surface area contributed by atoms with Gasteiger partial charge in [-0.05, 0) is 67.9 Å². The van der Waals surface area contributed by atoms with Gasteiger partial charge in [0, 0.05) is 17.5 Å². The third-order valence-electron chi connectivity index (χ3n) is 7.11. The second-order valence-electron chi connectivity index (χ2n) is 9.51. The number of aromatic nitrogens is 3. The van der Waals surface area contributed by atoms with Crippen molar-refractivity contribution in [3.8, 4) is 22.4 Å². The summed E-state index contributed by atoms with van der Waals surface area (Å²) in [4.78, 5) is 21.5. The van der Waals surface area contributed by atoms with E-state index < -0.39 is 0 Å². The third-order valence-corrected chi connectivity index (χ3v) is 7.90. The van der Waals surface area contributed by atoms with Crippen molar-refractivity contribution in [3.63, 3.8) is 0 Å². The molecule has 0 radical (unpaired) electrons.